The lowest BCUT2D eigenvalue weighted by Crippen LogP contribution is -2.55. The van der Waals surface area contributed by atoms with Crippen molar-refractivity contribution in [3.8, 4) is 0 Å². The molecule has 0 N–H and O–H groups in total. The summed E-state index contributed by atoms with van der Waals surface area (Å²) in [7, 11) is 0. The molecule has 0 aromatic heterocycles. The molecule has 0 radical (unpaired) electrons. The highest BCUT2D eigenvalue weighted by atomic mass is 16.2. The lowest BCUT2D eigenvalue weighted by molar-refractivity contribution is -0.148. The number of aryl methyl sites for hydroxylation is 1. The summed E-state index contributed by atoms with van der Waals surface area (Å²) < 4.78 is 0. The Morgan fingerprint density at radius 2 is 1.81 bits per heavy atom. The molecule has 2 heterocycles. The van der Waals surface area contributed by atoms with E-state index in [1.54, 1.807) is 14.7 Å². The molecule has 0 spiro atoms. The highest BCUT2D eigenvalue weighted by Crippen LogP contribution is 2.22. The van der Waals surface area contributed by atoms with Gasteiger partial charge >= 0.3 is 0 Å². The monoisotopic (exact) mass is 357 g/mol. The molecule has 1 aromatic rings. The van der Waals surface area contributed by atoms with Crippen LogP contribution in [0.2, 0.25) is 0 Å². The molecule has 6 heteroatoms. The SMILES string of the molecule is CCN1CCN(C(=O)C2CCCN(C(=O)c3ccc(C)cc3)C2)CC1=O. The van der Waals surface area contributed by atoms with Crippen molar-refractivity contribution in [3.63, 3.8) is 0 Å². The second kappa shape index (κ2) is 7.89. The van der Waals surface area contributed by atoms with Crippen molar-refractivity contribution in [3.05, 3.63) is 35.4 Å². The number of benzene rings is 1. The number of piperidine rings is 1. The van der Waals surface area contributed by atoms with Gasteiger partial charge in [-0.3, -0.25) is 14.4 Å². The maximum absolute atomic E-state index is 12.9. The Hall–Kier alpha value is -2.37. The number of piperazine rings is 1. The Labute approximate surface area is 154 Å². The minimum atomic E-state index is -0.209. The van der Waals surface area contributed by atoms with E-state index in [4.69, 9.17) is 0 Å². The number of nitrogens with zero attached hydrogens (tertiary/aromatic N) is 3. The zero-order chi connectivity index (χ0) is 18.7. The summed E-state index contributed by atoms with van der Waals surface area (Å²) in [4.78, 5) is 42.9. The summed E-state index contributed by atoms with van der Waals surface area (Å²) in [6, 6.07) is 7.54. The van der Waals surface area contributed by atoms with E-state index >= 15 is 0 Å². The van der Waals surface area contributed by atoms with Crippen LogP contribution >= 0.6 is 0 Å². The molecule has 0 aliphatic carbocycles. The van der Waals surface area contributed by atoms with Gasteiger partial charge in [0.15, 0.2) is 0 Å². The van der Waals surface area contributed by atoms with Crippen LogP contribution in [0.25, 0.3) is 0 Å². The van der Waals surface area contributed by atoms with Gasteiger partial charge in [-0.15, -0.1) is 0 Å². The topological polar surface area (TPSA) is 60.9 Å². The molecule has 140 valence electrons. The molecule has 1 aromatic carbocycles. The number of hydrogen-bond donors (Lipinski definition) is 0. The average molecular weight is 357 g/mol. The van der Waals surface area contributed by atoms with Crippen LogP contribution in [0.4, 0.5) is 0 Å². The summed E-state index contributed by atoms with van der Waals surface area (Å²) in [6.45, 7) is 7.08. The Morgan fingerprint density at radius 1 is 1.08 bits per heavy atom. The fraction of sp³-hybridized carbons (Fsp3) is 0.550. The van der Waals surface area contributed by atoms with Crippen LogP contribution in [-0.2, 0) is 9.59 Å². The maximum atomic E-state index is 12.9. The largest absolute Gasteiger partial charge is 0.340 e. The first-order valence-electron chi connectivity index (χ1n) is 9.42. The number of amides is 3. The molecule has 2 fully saturated rings. The van der Waals surface area contributed by atoms with Crippen LogP contribution in [0.15, 0.2) is 24.3 Å². The van der Waals surface area contributed by atoms with Crippen LogP contribution in [0.5, 0.6) is 0 Å². The molecule has 3 rings (SSSR count). The molecule has 1 atom stereocenters. The minimum Gasteiger partial charge on any atom is -0.340 e. The van der Waals surface area contributed by atoms with Crippen molar-refractivity contribution in [1.82, 2.24) is 14.7 Å². The molecule has 6 nitrogen and oxygen atoms in total. The lowest BCUT2D eigenvalue weighted by Gasteiger charge is -2.38. The maximum Gasteiger partial charge on any atom is 0.253 e. The summed E-state index contributed by atoms with van der Waals surface area (Å²) in [6.07, 6.45) is 1.59. The van der Waals surface area contributed by atoms with Crippen molar-refractivity contribution < 1.29 is 14.4 Å². The lowest BCUT2D eigenvalue weighted by atomic mass is 9.95. The van der Waals surface area contributed by atoms with Gasteiger partial charge in [-0.1, -0.05) is 17.7 Å². The fourth-order valence-corrected chi connectivity index (χ4v) is 3.73. The molecule has 0 saturated carbocycles. The van der Waals surface area contributed by atoms with Gasteiger partial charge in [0.25, 0.3) is 5.91 Å². The van der Waals surface area contributed by atoms with E-state index in [0.717, 1.165) is 18.4 Å². The molecule has 3 amide bonds. The van der Waals surface area contributed by atoms with Crippen molar-refractivity contribution in [1.29, 1.82) is 0 Å². The van der Waals surface area contributed by atoms with Crippen molar-refractivity contribution in [2.45, 2.75) is 26.7 Å². The van der Waals surface area contributed by atoms with E-state index < -0.39 is 0 Å². The van der Waals surface area contributed by atoms with E-state index in [0.29, 0.717) is 38.3 Å². The number of likely N-dealkylation sites (N-methyl/N-ethyl adjacent to an activating group) is 1. The Morgan fingerprint density at radius 3 is 2.46 bits per heavy atom. The number of likely N-dealkylation sites (tertiary alicyclic amines) is 1. The zero-order valence-corrected chi connectivity index (χ0v) is 15.6. The van der Waals surface area contributed by atoms with E-state index in [1.165, 1.54) is 0 Å². The summed E-state index contributed by atoms with van der Waals surface area (Å²) in [5.41, 5.74) is 1.78. The molecule has 2 aliphatic heterocycles. The van der Waals surface area contributed by atoms with Crippen molar-refractivity contribution in [2.24, 2.45) is 5.92 Å². The van der Waals surface area contributed by atoms with Crippen LogP contribution < -0.4 is 0 Å². The number of hydrogen-bond acceptors (Lipinski definition) is 3. The van der Waals surface area contributed by atoms with E-state index in [-0.39, 0.29) is 30.2 Å². The standard InChI is InChI=1S/C20H27N3O3/c1-3-21-11-12-23(14-18(21)24)20(26)17-5-4-10-22(13-17)19(25)16-8-6-15(2)7-9-16/h6-9,17H,3-5,10-14H2,1-2H3. The van der Waals surface area contributed by atoms with Gasteiger partial charge in [0.2, 0.25) is 11.8 Å². The van der Waals surface area contributed by atoms with Gasteiger partial charge in [-0.05, 0) is 38.8 Å². The van der Waals surface area contributed by atoms with E-state index in [9.17, 15) is 14.4 Å². The first kappa shape index (κ1) is 18.4. The highest BCUT2D eigenvalue weighted by Gasteiger charge is 2.34. The van der Waals surface area contributed by atoms with Crippen molar-refractivity contribution in [2.75, 3.05) is 39.3 Å². The summed E-state index contributed by atoms with van der Waals surface area (Å²) in [5.74, 6) is -0.209. The predicted molar refractivity (Wildman–Crippen MR) is 98.6 cm³/mol. The van der Waals surface area contributed by atoms with Crippen molar-refractivity contribution >= 4 is 17.7 Å². The molecule has 0 bridgehead atoms. The smallest absolute Gasteiger partial charge is 0.253 e. The third kappa shape index (κ3) is 3.89. The highest BCUT2D eigenvalue weighted by molar-refractivity contribution is 5.95. The number of carbonyl (C=O) groups excluding carboxylic acids is 3. The normalized spacial score (nSPS) is 21.1. The van der Waals surface area contributed by atoms with Crippen LogP contribution in [0, 0.1) is 12.8 Å². The molecule has 26 heavy (non-hydrogen) atoms. The van der Waals surface area contributed by atoms with E-state index in [2.05, 4.69) is 0 Å². The Bertz CT molecular complexity index is 686. The Balaban J connectivity index is 1.63. The van der Waals surface area contributed by atoms with Gasteiger partial charge in [-0.2, -0.15) is 0 Å². The summed E-state index contributed by atoms with van der Waals surface area (Å²) >= 11 is 0. The second-order valence-electron chi connectivity index (χ2n) is 7.19. The quantitative estimate of drug-likeness (QED) is 0.824. The third-order valence-electron chi connectivity index (χ3n) is 5.37. The van der Waals surface area contributed by atoms with Gasteiger partial charge in [-0.25, -0.2) is 0 Å². The van der Waals surface area contributed by atoms with Crippen LogP contribution in [-0.4, -0.2) is 71.7 Å². The molecular formula is C20H27N3O3. The Kier molecular flexibility index (Phi) is 5.59. The second-order valence-corrected chi connectivity index (χ2v) is 7.19. The predicted octanol–water partition coefficient (Wildman–Crippen LogP) is 1.54. The van der Waals surface area contributed by atoms with Gasteiger partial charge in [0.05, 0.1) is 12.5 Å². The van der Waals surface area contributed by atoms with Crippen LogP contribution in [0.3, 0.4) is 0 Å². The van der Waals surface area contributed by atoms with E-state index in [1.807, 2.05) is 38.1 Å². The molecule has 2 saturated heterocycles. The minimum absolute atomic E-state index is 0.00972. The summed E-state index contributed by atoms with van der Waals surface area (Å²) in [5, 5.41) is 0. The zero-order valence-electron chi connectivity index (χ0n) is 15.6. The number of rotatable bonds is 3. The van der Waals surface area contributed by atoms with Gasteiger partial charge in [0.1, 0.15) is 0 Å². The third-order valence-corrected chi connectivity index (χ3v) is 5.37. The van der Waals surface area contributed by atoms with Gasteiger partial charge < -0.3 is 14.7 Å². The first-order chi connectivity index (χ1) is 12.5. The molecule has 1 unspecified atom stereocenters. The molecule has 2 aliphatic rings. The fourth-order valence-electron chi connectivity index (χ4n) is 3.73. The molecular weight excluding hydrogens is 330 g/mol. The van der Waals surface area contributed by atoms with Gasteiger partial charge in [0, 0.05) is 38.3 Å². The number of carbonyl (C=O) groups is 3. The average Bonchev–Trinajstić information content (AvgIpc) is 2.67. The first-order valence-corrected chi connectivity index (χ1v) is 9.42. The van der Waals surface area contributed by atoms with Crippen LogP contribution in [0.1, 0.15) is 35.7 Å².